The molecule has 0 aliphatic heterocycles. The molecule has 0 N–H and O–H groups in total. The molecular formula is C25H25N3O5S. The summed E-state index contributed by atoms with van der Waals surface area (Å²) in [6.45, 7) is 0.779. The summed E-state index contributed by atoms with van der Waals surface area (Å²) in [5.74, 6) is 0.867. The van der Waals surface area contributed by atoms with Crippen LogP contribution in [-0.2, 0) is 9.84 Å². The quantitative estimate of drug-likeness (QED) is 0.336. The van der Waals surface area contributed by atoms with Crippen molar-refractivity contribution in [2.45, 2.75) is 11.3 Å². The average molecular weight is 480 g/mol. The number of hydrogen-bond acceptors (Lipinski definition) is 6. The van der Waals surface area contributed by atoms with Crippen LogP contribution < -0.4 is 4.74 Å². The molecule has 4 aromatic rings. The number of ether oxygens (including phenoxy) is 1. The number of carbonyl (C=O) groups is 1. The van der Waals surface area contributed by atoms with Gasteiger partial charge in [0.15, 0.2) is 15.6 Å². The fourth-order valence-corrected chi connectivity index (χ4v) is 4.08. The third-order valence-corrected chi connectivity index (χ3v) is 6.30. The SMILES string of the molecule is CN(CCCOc1cccc(S(C)(=O)=O)c1)C(=O)c1cc(-c2ccco2)nn1-c1ccccc1. The van der Waals surface area contributed by atoms with E-state index >= 15 is 0 Å². The summed E-state index contributed by atoms with van der Waals surface area (Å²) in [6, 6.07) is 21.1. The van der Waals surface area contributed by atoms with Crippen LogP contribution in [0.25, 0.3) is 17.1 Å². The molecule has 0 aliphatic rings. The molecular weight excluding hydrogens is 454 g/mol. The number of sulfone groups is 1. The number of benzene rings is 2. The van der Waals surface area contributed by atoms with Crippen LogP contribution in [0.1, 0.15) is 16.9 Å². The highest BCUT2D eigenvalue weighted by molar-refractivity contribution is 7.90. The molecule has 0 saturated heterocycles. The first-order chi connectivity index (χ1) is 16.3. The standard InChI is InChI=1S/C25H25N3O5S/c1-27(14-8-16-32-20-11-6-12-21(17-20)34(2,30)31)25(29)23-18-22(24-13-7-15-33-24)26-28(23)19-9-4-3-5-10-19/h3-7,9-13,15,17-18H,8,14,16H2,1-2H3. The minimum absolute atomic E-state index is 0.187. The smallest absolute Gasteiger partial charge is 0.272 e. The number of nitrogens with zero attached hydrogens (tertiary/aromatic N) is 3. The van der Waals surface area contributed by atoms with Crippen LogP contribution in [-0.4, -0.2) is 55.5 Å². The Bertz CT molecular complexity index is 1360. The van der Waals surface area contributed by atoms with Crippen molar-refractivity contribution in [2.24, 2.45) is 0 Å². The van der Waals surface area contributed by atoms with Gasteiger partial charge in [0.1, 0.15) is 17.1 Å². The number of amides is 1. The van der Waals surface area contributed by atoms with Crippen molar-refractivity contribution in [3.8, 4) is 22.9 Å². The van der Waals surface area contributed by atoms with Crippen LogP contribution >= 0.6 is 0 Å². The molecule has 2 aromatic heterocycles. The molecule has 0 aliphatic carbocycles. The van der Waals surface area contributed by atoms with E-state index in [2.05, 4.69) is 5.10 Å². The van der Waals surface area contributed by atoms with Gasteiger partial charge in [0.2, 0.25) is 0 Å². The molecule has 2 aromatic carbocycles. The molecule has 0 spiro atoms. The summed E-state index contributed by atoms with van der Waals surface area (Å²) >= 11 is 0. The number of aromatic nitrogens is 2. The maximum atomic E-state index is 13.3. The van der Waals surface area contributed by atoms with Crippen LogP contribution in [0.5, 0.6) is 5.75 Å². The van der Waals surface area contributed by atoms with E-state index in [1.165, 1.54) is 12.1 Å². The van der Waals surface area contributed by atoms with Gasteiger partial charge in [0.25, 0.3) is 5.91 Å². The maximum Gasteiger partial charge on any atom is 0.272 e. The molecule has 34 heavy (non-hydrogen) atoms. The van der Waals surface area contributed by atoms with Gasteiger partial charge in [-0.2, -0.15) is 5.10 Å². The number of furan rings is 1. The number of hydrogen-bond donors (Lipinski definition) is 0. The van der Waals surface area contributed by atoms with Crippen LogP contribution in [0.15, 0.2) is 88.4 Å². The van der Waals surface area contributed by atoms with Crippen molar-refractivity contribution in [3.63, 3.8) is 0 Å². The molecule has 4 rings (SSSR count). The topological polar surface area (TPSA) is 94.6 Å². The molecule has 0 saturated carbocycles. The highest BCUT2D eigenvalue weighted by atomic mass is 32.2. The van der Waals surface area contributed by atoms with Gasteiger partial charge >= 0.3 is 0 Å². The van der Waals surface area contributed by atoms with Gasteiger partial charge < -0.3 is 14.1 Å². The minimum atomic E-state index is -3.30. The monoisotopic (exact) mass is 479 g/mol. The highest BCUT2D eigenvalue weighted by Crippen LogP contribution is 2.23. The Balaban J connectivity index is 1.43. The molecule has 2 heterocycles. The Morgan fingerprint density at radius 2 is 1.85 bits per heavy atom. The van der Waals surface area contributed by atoms with E-state index < -0.39 is 9.84 Å². The second-order valence-corrected chi connectivity index (χ2v) is 9.83. The van der Waals surface area contributed by atoms with Crippen LogP contribution in [0.4, 0.5) is 0 Å². The van der Waals surface area contributed by atoms with Gasteiger partial charge in [-0.25, -0.2) is 13.1 Å². The lowest BCUT2D eigenvalue weighted by molar-refractivity contribution is 0.0779. The molecule has 0 fully saturated rings. The fraction of sp³-hybridized carbons (Fsp3) is 0.200. The molecule has 0 unspecified atom stereocenters. The summed E-state index contributed by atoms with van der Waals surface area (Å²) in [5.41, 5.74) is 1.76. The Morgan fingerprint density at radius 1 is 1.06 bits per heavy atom. The fourth-order valence-electron chi connectivity index (χ4n) is 3.43. The van der Waals surface area contributed by atoms with E-state index in [0.717, 1.165) is 11.9 Å². The Kier molecular flexibility index (Phi) is 6.83. The van der Waals surface area contributed by atoms with E-state index in [0.29, 0.717) is 42.5 Å². The summed E-state index contributed by atoms with van der Waals surface area (Å²) in [5, 5.41) is 4.59. The summed E-state index contributed by atoms with van der Waals surface area (Å²) in [7, 11) is -1.58. The van der Waals surface area contributed by atoms with E-state index in [9.17, 15) is 13.2 Å². The van der Waals surface area contributed by atoms with Gasteiger partial charge in [-0.3, -0.25) is 4.79 Å². The highest BCUT2D eigenvalue weighted by Gasteiger charge is 2.21. The van der Waals surface area contributed by atoms with Crippen LogP contribution in [0, 0.1) is 0 Å². The van der Waals surface area contributed by atoms with Crippen molar-refractivity contribution in [2.75, 3.05) is 26.5 Å². The third kappa shape index (κ3) is 5.37. The van der Waals surface area contributed by atoms with E-state index in [-0.39, 0.29) is 10.8 Å². The van der Waals surface area contributed by atoms with Crippen molar-refractivity contribution in [1.82, 2.24) is 14.7 Å². The Hall–Kier alpha value is -3.85. The first-order valence-electron chi connectivity index (χ1n) is 10.7. The molecule has 8 nitrogen and oxygen atoms in total. The first-order valence-corrected chi connectivity index (χ1v) is 12.6. The Labute approximate surface area is 198 Å². The lowest BCUT2D eigenvalue weighted by Gasteiger charge is -2.18. The summed E-state index contributed by atoms with van der Waals surface area (Å²) in [6.07, 6.45) is 3.29. The van der Waals surface area contributed by atoms with E-state index in [1.807, 2.05) is 30.3 Å². The van der Waals surface area contributed by atoms with Crippen molar-refractivity contribution in [3.05, 3.63) is 84.8 Å². The number of rotatable bonds is 9. The zero-order chi connectivity index (χ0) is 24.1. The largest absolute Gasteiger partial charge is 0.493 e. The van der Waals surface area contributed by atoms with E-state index in [4.69, 9.17) is 9.15 Å². The normalized spacial score (nSPS) is 11.4. The number of carbonyl (C=O) groups excluding carboxylic acids is 1. The van der Waals surface area contributed by atoms with Crippen LogP contribution in [0.2, 0.25) is 0 Å². The van der Waals surface area contributed by atoms with Gasteiger partial charge in [-0.05, 0) is 48.9 Å². The molecule has 0 atom stereocenters. The van der Waals surface area contributed by atoms with E-state index in [1.54, 1.807) is 53.2 Å². The van der Waals surface area contributed by atoms with Crippen molar-refractivity contribution >= 4 is 15.7 Å². The molecule has 0 bridgehead atoms. The predicted octanol–water partition coefficient (Wildman–Crippen LogP) is 4.08. The van der Waals surface area contributed by atoms with Crippen LogP contribution in [0.3, 0.4) is 0 Å². The third-order valence-electron chi connectivity index (χ3n) is 5.19. The molecule has 1 amide bonds. The predicted molar refractivity (Wildman–Crippen MR) is 128 cm³/mol. The zero-order valence-corrected chi connectivity index (χ0v) is 19.7. The van der Waals surface area contributed by atoms with Crippen molar-refractivity contribution in [1.29, 1.82) is 0 Å². The minimum Gasteiger partial charge on any atom is -0.493 e. The van der Waals surface area contributed by atoms with Crippen molar-refractivity contribution < 1.29 is 22.4 Å². The zero-order valence-electron chi connectivity index (χ0n) is 18.9. The lowest BCUT2D eigenvalue weighted by atomic mass is 10.2. The molecule has 176 valence electrons. The second-order valence-electron chi connectivity index (χ2n) is 7.82. The average Bonchev–Trinajstić information content (AvgIpc) is 3.52. The summed E-state index contributed by atoms with van der Waals surface area (Å²) < 4.78 is 36.2. The Morgan fingerprint density at radius 3 is 2.56 bits per heavy atom. The summed E-state index contributed by atoms with van der Waals surface area (Å²) in [4.78, 5) is 15.1. The van der Waals surface area contributed by atoms with Gasteiger partial charge in [0, 0.05) is 25.9 Å². The molecule has 9 heteroatoms. The molecule has 0 radical (unpaired) electrons. The second kappa shape index (κ2) is 9.96. The maximum absolute atomic E-state index is 13.3. The lowest BCUT2D eigenvalue weighted by Crippen LogP contribution is -2.30. The van der Waals surface area contributed by atoms with Gasteiger partial charge in [0.05, 0.1) is 23.5 Å². The first kappa shape index (κ1) is 23.3. The van der Waals surface area contributed by atoms with Gasteiger partial charge in [-0.1, -0.05) is 24.3 Å². The van der Waals surface area contributed by atoms with Gasteiger partial charge in [-0.15, -0.1) is 0 Å². The number of para-hydroxylation sites is 1.